The monoisotopic (exact) mass is 470 g/mol. The molecule has 0 saturated carbocycles. The molecule has 0 amide bonds. The van der Waals surface area contributed by atoms with Crippen molar-refractivity contribution in [1.29, 1.82) is 0 Å². The van der Waals surface area contributed by atoms with Gasteiger partial charge in [0.1, 0.15) is 4.70 Å². The second-order valence-corrected chi connectivity index (χ2v) is 9.32. The van der Waals surface area contributed by atoms with Crippen LogP contribution in [-0.2, 0) is 0 Å². The molecular formula is C23H20Cl2N4OS. The lowest BCUT2D eigenvalue weighted by Crippen LogP contribution is -2.47. The smallest absolute Gasteiger partial charge is 0.270 e. The van der Waals surface area contributed by atoms with Crippen LogP contribution in [0.3, 0.4) is 0 Å². The number of fused-ring (bicyclic) bond motifs is 1. The number of aromatic amines is 1. The van der Waals surface area contributed by atoms with Crippen molar-refractivity contribution in [2.45, 2.75) is 6.92 Å². The van der Waals surface area contributed by atoms with Crippen molar-refractivity contribution in [2.75, 3.05) is 36.0 Å². The molecule has 1 fully saturated rings. The van der Waals surface area contributed by atoms with Gasteiger partial charge in [0.25, 0.3) is 5.56 Å². The van der Waals surface area contributed by atoms with E-state index in [-0.39, 0.29) is 5.56 Å². The van der Waals surface area contributed by atoms with Crippen molar-refractivity contribution in [1.82, 2.24) is 9.97 Å². The largest absolute Gasteiger partial charge is 0.368 e. The number of aromatic nitrogens is 2. The molecule has 1 aliphatic rings. The zero-order chi connectivity index (χ0) is 21.5. The fourth-order valence-electron chi connectivity index (χ4n) is 4.02. The Kier molecular flexibility index (Phi) is 5.38. The summed E-state index contributed by atoms with van der Waals surface area (Å²) < 4.78 is 0.617. The molecule has 2 aromatic heterocycles. The van der Waals surface area contributed by atoms with E-state index in [9.17, 15) is 4.79 Å². The molecule has 1 N–H and O–H groups in total. The second-order valence-electron chi connectivity index (χ2n) is 7.60. The van der Waals surface area contributed by atoms with Crippen LogP contribution < -0.4 is 15.4 Å². The lowest BCUT2D eigenvalue weighted by molar-refractivity contribution is 0.639. The number of aryl methyl sites for hydroxylation is 1. The molecule has 1 aliphatic heterocycles. The Bertz CT molecular complexity index is 1320. The highest BCUT2D eigenvalue weighted by molar-refractivity contribution is 7.17. The van der Waals surface area contributed by atoms with Gasteiger partial charge in [0, 0.05) is 58.4 Å². The number of thiophene rings is 1. The highest BCUT2D eigenvalue weighted by atomic mass is 35.5. The molecule has 0 unspecified atom stereocenters. The van der Waals surface area contributed by atoms with Gasteiger partial charge in [-0.2, -0.15) is 0 Å². The van der Waals surface area contributed by atoms with Gasteiger partial charge in [-0.1, -0.05) is 47.5 Å². The van der Waals surface area contributed by atoms with E-state index in [0.717, 1.165) is 48.0 Å². The minimum atomic E-state index is -0.114. The lowest BCUT2D eigenvalue weighted by atomic mass is 10.1. The number of piperazine rings is 1. The number of hydrogen-bond donors (Lipinski definition) is 1. The Labute approximate surface area is 193 Å². The summed E-state index contributed by atoms with van der Waals surface area (Å²) in [4.78, 5) is 25.0. The van der Waals surface area contributed by atoms with E-state index in [0.29, 0.717) is 21.2 Å². The van der Waals surface area contributed by atoms with Gasteiger partial charge in [-0.3, -0.25) is 9.78 Å². The molecule has 3 heterocycles. The highest BCUT2D eigenvalue weighted by Crippen LogP contribution is 2.35. The Hall–Kier alpha value is -2.54. The zero-order valence-corrected chi connectivity index (χ0v) is 19.2. The predicted octanol–water partition coefficient (Wildman–Crippen LogP) is 5.59. The van der Waals surface area contributed by atoms with Crippen LogP contribution in [0, 0.1) is 6.92 Å². The summed E-state index contributed by atoms with van der Waals surface area (Å²) in [6.45, 7) is 5.25. The first-order chi connectivity index (χ1) is 15.0. The minimum absolute atomic E-state index is 0.114. The van der Waals surface area contributed by atoms with Gasteiger partial charge < -0.3 is 9.80 Å². The summed E-state index contributed by atoms with van der Waals surface area (Å²) >= 11 is 14.0. The highest BCUT2D eigenvalue weighted by Gasteiger charge is 2.22. The molecule has 158 valence electrons. The van der Waals surface area contributed by atoms with Crippen LogP contribution >= 0.6 is 34.5 Å². The van der Waals surface area contributed by atoms with E-state index in [2.05, 4.69) is 21.7 Å². The third kappa shape index (κ3) is 3.80. The van der Waals surface area contributed by atoms with E-state index >= 15 is 0 Å². The summed E-state index contributed by atoms with van der Waals surface area (Å²) in [5.74, 6) is 0.603. The molecule has 0 spiro atoms. The van der Waals surface area contributed by atoms with E-state index in [1.807, 2.05) is 47.8 Å². The van der Waals surface area contributed by atoms with Crippen LogP contribution in [0.25, 0.3) is 21.3 Å². The average molecular weight is 471 g/mol. The van der Waals surface area contributed by atoms with Crippen LogP contribution in [0.15, 0.2) is 52.6 Å². The molecule has 5 rings (SSSR count). The first kappa shape index (κ1) is 20.4. The Morgan fingerprint density at radius 1 is 1.00 bits per heavy atom. The van der Waals surface area contributed by atoms with Gasteiger partial charge in [-0.05, 0) is 30.7 Å². The Morgan fingerprint density at radius 3 is 2.52 bits per heavy atom. The molecular weight excluding hydrogens is 451 g/mol. The van der Waals surface area contributed by atoms with E-state index in [1.165, 1.54) is 16.9 Å². The van der Waals surface area contributed by atoms with Crippen LogP contribution in [0.5, 0.6) is 0 Å². The summed E-state index contributed by atoms with van der Waals surface area (Å²) in [6.07, 6.45) is 0. The van der Waals surface area contributed by atoms with Crippen molar-refractivity contribution in [2.24, 2.45) is 0 Å². The standard InChI is InChI=1S/C23H20Cl2N4OS/c1-14-6-7-15(24)12-19(14)28-8-10-29(11-9-28)23-26-20-17(13-31-21(20)22(30)27-23)16-4-2-3-5-18(16)25/h2-7,12-13H,8-11H2,1H3,(H,26,27,30). The van der Waals surface area contributed by atoms with E-state index < -0.39 is 0 Å². The number of rotatable bonds is 3. The summed E-state index contributed by atoms with van der Waals surface area (Å²) in [5.41, 5.74) is 4.73. The normalized spacial score (nSPS) is 14.4. The zero-order valence-electron chi connectivity index (χ0n) is 16.9. The van der Waals surface area contributed by atoms with Crippen molar-refractivity contribution in [3.63, 3.8) is 0 Å². The average Bonchev–Trinajstić information content (AvgIpc) is 3.20. The van der Waals surface area contributed by atoms with Crippen LogP contribution in [-0.4, -0.2) is 36.1 Å². The molecule has 4 aromatic rings. The number of benzene rings is 2. The summed E-state index contributed by atoms with van der Waals surface area (Å²) in [6, 6.07) is 13.6. The van der Waals surface area contributed by atoms with Crippen molar-refractivity contribution in [3.8, 4) is 11.1 Å². The molecule has 31 heavy (non-hydrogen) atoms. The summed E-state index contributed by atoms with van der Waals surface area (Å²) in [7, 11) is 0. The van der Waals surface area contributed by atoms with Crippen molar-refractivity contribution < 1.29 is 0 Å². The third-order valence-electron chi connectivity index (χ3n) is 5.67. The molecule has 0 radical (unpaired) electrons. The van der Waals surface area contributed by atoms with Crippen LogP contribution in [0.2, 0.25) is 10.0 Å². The molecule has 1 saturated heterocycles. The maximum Gasteiger partial charge on any atom is 0.270 e. The van der Waals surface area contributed by atoms with Crippen molar-refractivity contribution >= 4 is 56.4 Å². The van der Waals surface area contributed by atoms with Gasteiger partial charge in [-0.25, -0.2) is 4.98 Å². The van der Waals surface area contributed by atoms with Crippen LogP contribution in [0.4, 0.5) is 11.6 Å². The fraction of sp³-hybridized carbons (Fsp3) is 0.217. The fourth-order valence-corrected chi connectivity index (χ4v) is 5.32. The number of nitrogens with one attached hydrogen (secondary N) is 1. The molecule has 0 bridgehead atoms. The number of anilines is 2. The maximum atomic E-state index is 12.8. The molecule has 5 nitrogen and oxygen atoms in total. The minimum Gasteiger partial charge on any atom is -0.368 e. The van der Waals surface area contributed by atoms with E-state index in [1.54, 1.807) is 0 Å². The molecule has 8 heteroatoms. The maximum absolute atomic E-state index is 12.8. The number of nitrogens with zero attached hydrogens (tertiary/aromatic N) is 3. The molecule has 0 atom stereocenters. The number of H-pyrrole nitrogens is 1. The summed E-state index contributed by atoms with van der Waals surface area (Å²) in [5, 5.41) is 3.35. The first-order valence-corrected chi connectivity index (χ1v) is 11.7. The van der Waals surface area contributed by atoms with Gasteiger partial charge in [0.15, 0.2) is 0 Å². The number of hydrogen-bond acceptors (Lipinski definition) is 5. The molecule has 2 aromatic carbocycles. The van der Waals surface area contributed by atoms with Gasteiger partial charge in [-0.15, -0.1) is 11.3 Å². The quantitative estimate of drug-likeness (QED) is 0.423. The topological polar surface area (TPSA) is 52.2 Å². The van der Waals surface area contributed by atoms with Crippen LogP contribution in [0.1, 0.15) is 5.56 Å². The van der Waals surface area contributed by atoms with E-state index in [4.69, 9.17) is 28.2 Å². The van der Waals surface area contributed by atoms with Gasteiger partial charge in [0.2, 0.25) is 5.95 Å². The SMILES string of the molecule is Cc1ccc(Cl)cc1N1CCN(c2nc3c(-c4ccccc4Cl)csc3c(=O)[nH]2)CC1. The second kappa shape index (κ2) is 8.19. The Morgan fingerprint density at radius 2 is 1.74 bits per heavy atom. The first-order valence-electron chi connectivity index (χ1n) is 10.0. The van der Waals surface area contributed by atoms with Crippen molar-refractivity contribution in [3.05, 3.63) is 73.8 Å². The van der Waals surface area contributed by atoms with Gasteiger partial charge in [0.05, 0.1) is 5.52 Å². The predicted molar refractivity (Wildman–Crippen MR) is 131 cm³/mol. The number of halogens is 2. The third-order valence-corrected chi connectivity index (χ3v) is 7.20. The van der Waals surface area contributed by atoms with Gasteiger partial charge >= 0.3 is 0 Å². The lowest BCUT2D eigenvalue weighted by Gasteiger charge is -2.37. The molecule has 0 aliphatic carbocycles. The Balaban J connectivity index is 1.45.